The van der Waals surface area contributed by atoms with E-state index >= 15 is 0 Å². The molecule has 0 radical (unpaired) electrons. The molecule has 5 nitrogen and oxygen atoms in total. The molecule has 0 aliphatic rings. The second kappa shape index (κ2) is 8.94. The summed E-state index contributed by atoms with van der Waals surface area (Å²) in [5.41, 5.74) is 2.99. The van der Waals surface area contributed by atoms with E-state index in [0.29, 0.717) is 17.9 Å². The molecule has 0 aliphatic heterocycles. The fourth-order valence-corrected chi connectivity index (χ4v) is 2.50. The van der Waals surface area contributed by atoms with Crippen LogP contribution in [0.3, 0.4) is 0 Å². The SMILES string of the molecule is Cc1ccc(Cn2ccc(NC(=O)/C=C\c3ccc(OC(F)F)cc3)n2)cc1. The lowest BCUT2D eigenvalue weighted by Gasteiger charge is -2.04. The largest absolute Gasteiger partial charge is 0.435 e. The van der Waals surface area contributed by atoms with E-state index in [1.54, 1.807) is 35.2 Å². The first kappa shape index (κ1) is 19.3. The molecule has 0 bridgehead atoms. The summed E-state index contributed by atoms with van der Waals surface area (Å²) in [7, 11) is 0. The van der Waals surface area contributed by atoms with Gasteiger partial charge in [-0.2, -0.15) is 13.9 Å². The van der Waals surface area contributed by atoms with E-state index in [0.717, 1.165) is 5.56 Å². The number of nitrogens with zero attached hydrogens (tertiary/aromatic N) is 2. The zero-order valence-electron chi connectivity index (χ0n) is 15.2. The number of carbonyl (C=O) groups excluding carboxylic acids is 1. The van der Waals surface area contributed by atoms with Gasteiger partial charge in [-0.25, -0.2) is 0 Å². The summed E-state index contributed by atoms with van der Waals surface area (Å²) in [6.07, 6.45) is 4.72. The monoisotopic (exact) mass is 383 g/mol. The molecular formula is C21H19F2N3O2. The zero-order chi connectivity index (χ0) is 19.9. The van der Waals surface area contributed by atoms with E-state index in [4.69, 9.17) is 0 Å². The fraction of sp³-hybridized carbons (Fsp3) is 0.143. The Morgan fingerprint density at radius 2 is 1.86 bits per heavy atom. The molecule has 0 spiro atoms. The maximum Gasteiger partial charge on any atom is 0.387 e. The number of benzene rings is 2. The van der Waals surface area contributed by atoms with Crippen molar-refractivity contribution in [1.29, 1.82) is 0 Å². The molecule has 2 aromatic carbocycles. The quantitative estimate of drug-likeness (QED) is 0.612. The van der Waals surface area contributed by atoms with Gasteiger partial charge in [0.15, 0.2) is 5.82 Å². The van der Waals surface area contributed by atoms with Gasteiger partial charge < -0.3 is 10.1 Å². The van der Waals surface area contributed by atoms with E-state index in [1.165, 1.54) is 23.8 Å². The highest BCUT2D eigenvalue weighted by Gasteiger charge is 2.04. The molecule has 3 aromatic rings. The van der Waals surface area contributed by atoms with Crippen LogP contribution in [0.2, 0.25) is 0 Å². The van der Waals surface area contributed by atoms with Crippen molar-refractivity contribution in [3.8, 4) is 5.75 Å². The zero-order valence-corrected chi connectivity index (χ0v) is 15.2. The molecule has 1 amide bonds. The van der Waals surface area contributed by atoms with Gasteiger partial charge in [0.25, 0.3) is 0 Å². The number of halogens is 2. The van der Waals surface area contributed by atoms with Crippen LogP contribution < -0.4 is 10.1 Å². The predicted molar refractivity (Wildman–Crippen MR) is 103 cm³/mol. The minimum atomic E-state index is -2.86. The number of hydrogen-bond acceptors (Lipinski definition) is 3. The van der Waals surface area contributed by atoms with E-state index in [2.05, 4.69) is 15.2 Å². The van der Waals surface area contributed by atoms with E-state index in [-0.39, 0.29) is 11.7 Å². The highest BCUT2D eigenvalue weighted by atomic mass is 19.3. The number of aromatic nitrogens is 2. The van der Waals surface area contributed by atoms with Crippen molar-refractivity contribution < 1.29 is 18.3 Å². The lowest BCUT2D eigenvalue weighted by Crippen LogP contribution is -2.09. The number of carbonyl (C=O) groups is 1. The first-order chi connectivity index (χ1) is 13.5. The molecule has 1 heterocycles. The molecule has 0 aliphatic carbocycles. The Labute approximate surface area is 161 Å². The molecule has 3 rings (SSSR count). The molecule has 0 saturated heterocycles. The predicted octanol–water partition coefficient (Wildman–Crippen LogP) is 4.49. The van der Waals surface area contributed by atoms with Crippen molar-refractivity contribution in [2.45, 2.75) is 20.1 Å². The molecule has 7 heteroatoms. The van der Waals surface area contributed by atoms with Gasteiger partial charge in [0.05, 0.1) is 6.54 Å². The lowest BCUT2D eigenvalue weighted by molar-refractivity contribution is -0.111. The molecule has 28 heavy (non-hydrogen) atoms. The Hall–Kier alpha value is -3.48. The van der Waals surface area contributed by atoms with Crippen LogP contribution in [-0.4, -0.2) is 22.3 Å². The van der Waals surface area contributed by atoms with Crippen molar-refractivity contribution >= 4 is 17.8 Å². The number of ether oxygens (including phenoxy) is 1. The minimum absolute atomic E-state index is 0.0655. The number of hydrogen-bond donors (Lipinski definition) is 1. The fourth-order valence-electron chi connectivity index (χ4n) is 2.50. The molecule has 0 saturated carbocycles. The van der Waals surface area contributed by atoms with Gasteiger partial charge >= 0.3 is 6.61 Å². The molecule has 0 unspecified atom stereocenters. The Morgan fingerprint density at radius 3 is 2.54 bits per heavy atom. The standard InChI is InChI=1S/C21H19F2N3O2/c1-15-2-4-17(5-3-15)14-26-13-12-19(25-26)24-20(27)11-8-16-6-9-18(10-7-16)28-21(22)23/h2-13,21H,14H2,1H3,(H,24,25,27)/b11-8-. The van der Waals surface area contributed by atoms with Crippen LogP contribution in [0.25, 0.3) is 6.08 Å². The lowest BCUT2D eigenvalue weighted by atomic mass is 10.1. The second-order valence-corrected chi connectivity index (χ2v) is 6.15. The highest BCUT2D eigenvalue weighted by Crippen LogP contribution is 2.15. The van der Waals surface area contributed by atoms with Crippen LogP contribution in [0.5, 0.6) is 5.75 Å². The number of anilines is 1. The van der Waals surface area contributed by atoms with Crippen molar-refractivity contribution in [3.63, 3.8) is 0 Å². The third-order valence-corrected chi connectivity index (χ3v) is 3.89. The number of amides is 1. The van der Waals surface area contributed by atoms with Crippen LogP contribution in [0.15, 0.2) is 66.9 Å². The summed E-state index contributed by atoms with van der Waals surface area (Å²) >= 11 is 0. The molecular weight excluding hydrogens is 364 g/mol. The first-order valence-electron chi connectivity index (χ1n) is 8.61. The van der Waals surface area contributed by atoms with Crippen molar-refractivity contribution in [1.82, 2.24) is 9.78 Å². The van der Waals surface area contributed by atoms with Gasteiger partial charge in [-0.05, 0) is 36.3 Å². The van der Waals surface area contributed by atoms with E-state index in [9.17, 15) is 13.6 Å². The maximum atomic E-state index is 12.1. The van der Waals surface area contributed by atoms with Gasteiger partial charge in [-0.3, -0.25) is 9.48 Å². The molecule has 144 valence electrons. The van der Waals surface area contributed by atoms with Crippen molar-refractivity contribution in [2.24, 2.45) is 0 Å². The van der Waals surface area contributed by atoms with Crippen LogP contribution in [0.4, 0.5) is 14.6 Å². The Bertz CT molecular complexity index is 949. The average molecular weight is 383 g/mol. The van der Waals surface area contributed by atoms with Crippen molar-refractivity contribution in [3.05, 3.63) is 83.6 Å². The summed E-state index contributed by atoms with van der Waals surface area (Å²) in [6, 6.07) is 15.9. The number of alkyl halides is 2. The maximum absolute atomic E-state index is 12.1. The Balaban J connectivity index is 1.54. The van der Waals surface area contributed by atoms with Gasteiger partial charge in [-0.1, -0.05) is 42.0 Å². The minimum Gasteiger partial charge on any atom is -0.435 e. The molecule has 1 N–H and O–H groups in total. The Morgan fingerprint density at radius 1 is 1.14 bits per heavy atom. The first-order valence-corrected chi connectivity index (χ1v) is 8.61. The molecule has 1 aromatic heterocycles. The highest BCUT2D eigenvalue weighted by molar-refractivity contribution is 6.01. The normalized spacial score (nSPS) is 11.1. The van der Waals surface area contributed by atoms with Gasteiger partial charge in [0.1, 0.15) is 5.75 Å². The molecule has 0 atom stereocenters. The summed E-state index contributed by atoms with van der Waals surface area (Å²) in [5, 5.41) is 7.01. The third-order valence-electron chi connectivity index (χ3n) is 3.89. The van der Waals surface area contributed by atoms with Crippen molar-refractivity contribution in [2.75, 3.05) is 5.32 Å². The summed E-state index contributed by atoms with van der Waals surface area (Å²) in [4.78, 5) is 12.0. The van der Waals surface area contributed by atoms with E-state index < -0.39 is 6.61 Å². The molecule has 0 fully saturated rings. The second-order valence-electron chi connectivity index (χ2n) is 6.15. The van der Waals surface area contributed by atoms with Crippen LogP contribution >= 0.6 is 0 Å². The topological polar surface area (TPSA) is 56.2 Å². The average Bonchev–Trinajstić information content (AvgIpc) is 3.09. The number of aryl methyl sites for hydroxylation is 1. The summed E-state index contributed by atoms with van der Waals surface area (Å²) in [6.45, 7) is -0.221. The van der Waals surface area contributed by atoms with Crippen LogP contribution in [0.1, 0.15) is 16.7 Å². The number of rotatable bonds is 7. The Kier molecular flexibility index (Phi) is 6.16. The van der Waals surface area contributed by atoms with Crippen LogP contribution in [0, 0.1) is 6.92 Å². The van der Waals surface area contributed by atoms with E-state index in [1.807, 2.05) is 31.2 Å². The van der Waals surface area contributed by atoms with Gasteiger partial charge in [0.2, 0.25) is 5.91 Å². The smallest absolute Gasteiger partial charge is 0.387 e. The van der Waals surface area contributed by atoms with Gasteiger partial charge in [0, 0.05) is 18.3 Å². The number of nitrogens with one attached hydrogen (secondary N) is 1. The summed E-state index contributed by atoms with van der Waals surface area (Å²) < 4.78 is 30.3. The van der Waals surface area contributed by atoms with Crippen LogP contribution in [-0.2, 0) is 11.3 Å². The van der Waals surface area contributed by atoms with Gasteiger partial charge in [-0.15, -0.1) is 0 Å². The summed E-state index contributed by atoms with van der Waals surface area (Å²) in [5.74, 6) is 0.173. The third kappa shape index (κ3) is 5.77.